The van der Waals surface area contributed by atoms with Crippen LogP contribution in [0.3, 0.4) is 0 Å². The van der Waals surface area contributed by atoms with Crippen molar-refractivity contribution in [3.8, 4) is 0 Å². The molecule has 0 spiro atoms. The molecule has 0 atom stereocenters. The second kappa shape index (κ2) is 8.36. The summed E-state index contributed by atoms with van der Waals surface area (Å²) in [6, 6.07) is 5.79. The van der Waals surface area contributed by atoms with Crippen LogP contribution in [0, 0.1) is 0 Å². The highest BCUT2D eigenvalue weighted by molar-refractivity contribution is 6.32. The molecule has 28 heavy (non-hydrogen) atoms. The predicted octanol–water partition coefficient (Wildman–Crippen LogP) is 5.62. The average molecular weight is 399 g/mol. The van der Waals surface area contributed by atoms with Crippen molar-refractivity contribution < 1.29 is 9.59 Å². The van der Waals surface area contributed by atoms with Crippen LogP contribution in [0.1, 0.15) is 63.4 Å². The first-order valence-corrected chi connectivity index (χ1v) is 10.2. The van der Waals surface area contributed by atoms with E-state index >= 15 is 0 Å². The zero-order chi connectivity index (χ0) is 20.4. The summed E-state index contributed by atoms with van der Waals surface area (Å²) in [5.74, 6) is -0.109. The first-order chi connectivity index (χ1) is 13.3. The molecule has 1 aliphatic rings. The minimum atomic E-state index is -0.212. The SMILES string of the molecule is CCCC1=C(CNC(=O)c2cc(Cl)cc3c2ccn3C(C)C)C(=O)CC(C)=C1. The number of Topliss-reactive ketones (excluding diaryl/α,β-unsaturated/α-hetero) is 1. The Balaban J connectivity index is 1.89. The quantitative estimate of drug-likeness (QED) is 0.686. The summed E-state index contributed by atoms with van der Waals surface area (Å²) >= 11 is 6.29. The molecule has 5 heteroatoms. The molecule has 0 bridgehead atoms. The Labute approximate surface area is 171 Å². The highest BCUT2D eigenvalue weighted by Crippen LogP contribution is 2.28. The molecule has 0 fully saturated rings. The molecule has 0 unspecified atom stereocenters. The molecule has 1 aromatic heterocycles. The van der Waals surface area contributed by atoms with E-state index in [2.05, 4.69) is 36.7 Å². The number of carbonyl (C=O) groups is 2. The standard InChI is InChI=1S/C23H27ClN2O2/c1-5-6-16-9-15(4)10-22(27)20(16)13-25-23(28)19-11-17(24)12-21-18(19)7-8-26(21)14(2)3/h7-9,11-12,14H,5-6,10,13H2,1-4H3,(H,25,28). The first kappa shape index (κ1) is 20.4. The summed E-state index contributed by atoms with van der Waals surface area (Å²) in [5, 5.41) is 4.33. The fourth-order valence-electron chi connectivity index (χ4n) is 3.81. The smallest absolute Gasteiger partial charge is 0.252 e. The Morgan fingerprint density at radius 3 is 2.75 bits per heavy atom. The van der Waals surface area contributed by atoms with Crippen molar-refractivity contribution in [2.24, 2.45) is 0 Å². The van der Waals surface area contributed by atoms with Gasteiger partial charge in [0.1, 0.15) is 0 Å². The van der Waals surface area contributed by atoms with Gasteiger partial charge in [-0.1, -0.05) is 36.6 Å². The molecule has 0 radical (unpaired) electrons. The molecule has 1 aromatic carbocycles. The van der Waals surface area contributed by atoms with Crippen LogP contribution in [0.4, 0.5) is 0 Å². The van der Waals surface area contributed by atoms with E-state index in [0.717, 1.165) is 40.5 Å². The van der Waals surface area contributed by atoms with Gasteiger partial charge in [0.25, 0.3) is 5.91 Å². The monoisotopic (exact) mass is 398 g/mol. The fraction of sp³-hybridized carbons (Fsp3) is 0.391. The molecule has 1 amide bonds. The lowest BCUT2D eigenvalue weighted by Gasteiger charge is -2.18. The van der Waals surface area contributed by atoms with Crippen molar-refractivity contribution >= 4 is 34.2 Å². The van der Waals surface area contributed by atoms with Crippen LogP contribution in [0.25, 0.3) is 10.9 Å². The fourth-order valence-corrected chi connectivity index (χ4v) is 4.02. The highest BCUT2D eigenvalue weighted by atomic mass is 35.5. The van der Waals surface area contributed by atoms with Gasteiger partial charge in [-0.25, -0.2) is 0 Å². The number of amides is 1. The van der Waals surface area contributed by atoms with Crippen LogP contribution < -0.4 is 5.32 Å². The zero-order valence-corrected chi connectivity index (χ0v) is 17.7. The molecular weight excluding hydrogens is 372 g/mol. The van der Waals surface area contributed by atoms with Gasteiger partial charge >= 0.3 is 0 Å². The lowest BCUT2D eigenvalue weighted by atomic mass is 9.89. The lowest BCUT2D eigenvalue weighted by molar-refractivity contribution is -0.115. The number of nitrogens with one attached hydrogen (secondary N) is 1. The number of rotatable bonds is 6. The van der Waals surface area contributed by atoms with Crippen LogP contribution >= 0.6 is 11.6 Å². The van der Waals surface area contributed by atoms with E-state index in [1.54, 1.807) is 6.07 Å². The van der Waals surface area contributed by atoms with Gasteiger partial charge < -0.3 is 9.88 Å². The number of aromatic nitrogens is 1. The molecule has 1 N–H and O–H groups in total. The molecule has 3 rings (SSSR count). The third-order valence-electron chi connectivity index (χ3n) is 5.13. The van der Waals surface area contributed by atoms with Gasteiger partial charge in [-0.05, 0) is 51.0 Å². The summed E-state index contributed by atoms with van der Waals surface area (Å²) < 4.78 is 2.10. The minimum absolute atomic E-state index is 0.103. The number of nitrogens with zero attached hydrogens (tertiary/aromatic N) is 1. The largest absolute Gasteiger partial charge is 0.348 e. The van der Waals surface area contributed by atoms with E-state index in [0.29, 0.717) is 17.0 Å². The van der Waals surface area contributed by atoms with Crippen molar-refractivity contribution in [2.45, 2.75) is 53.0 Å². The maximum Gasteiger partial charge on any atom is 0.252 e. The molecule has 0 saturated carbocycles. The summed E-state index contributed by atoms with van der Waals surface area (Å²) in [6.07, 6.45) is 6.29. The van der Waals surface area contributed by atoms with E-state index < -0.39 is 0 Å². The molecule has 2 aromatic rings. The van der Waals surface area contributed by atoms with Crippen molar-refractivity contribution in [3.63, 3.8) is 0 Å². The average Bonchev–Trinajstić information content (AvgIpc) is 3.04. The Morgan fingerprint density at radius 1 is 1.32 bits per heavy atom. The number of hydrogen-bond donors (Lipinski definition) is 1. The summed E-state index contributed by atoms with van der Waals surface area (Å²) in [5.41, 5.74) is 4.31. The van der Waals surface area contributed by atoms with Gasteiger partial charge in [-0.3, -0.25) is 9.59 Å². The van der Waals surface area contributed by atoms with E-state index in [1.807, 2.05) is 25.3 Å². The topological polar surface area (TPSA) is 51.1 Å². The number of allylic oxidation sites excluding steroid dienone is 3. The van der Waals surface area contributed by atoms with Crippen molar-refractivity contribution in [1.82, 2.24) is 9.88 Å². The third kappa shape index (κ3) is 4.07. The Hall–Kier alpha value is -2.33. The van der Waals surface area contributed by atoms with E-state index in [4.69, 9.17) is 11.6 Å². The molecule has 0 aliphatic heterocycles. The molecular formula is C23H27ClN2O2. The van der Waals surface area contributed by atoms with E-state index in [1.165, 1.54) is 0 Å². The summed E-state index contributed by atoms with van der Waals surface area (Å²) in [6.45, 7) is 8.49. The maximum absolute atomic E-state index is 12.9. The van der Waals surface area contributed by atoms with Gasteiger partial charge in [-0.2, -0.15) is 0 Å². The van der Waals surface area contributed by atoms with Gasteiger partial charge in [0.15, 0.2) is 5.78 Å². The predicted molar refractivity (Wildman–Crippen MR) is 115 cm³/mol. The molecule has 4 nitrogen and oxygen atoms in total. The van der Waals surface area contributed by atoms with Crippen LogP contribution in [0.15, 0.2) is 47.2 Å². The van der Waals surface area contributed by atoms with Gasteiger partial charge in [-0.15, -0.1) is 0 Å². The number of fused-ring (bicyclic) bond motifs is 1. The number of benzene rings is 1. The number of halogens is 1. The van der Waals surface area contributed by atoms with Crippen LogP contribution in [-0.4, -0.2) is 22.8 Å². The van der Waals surface area contributed by atoms with Crippen LogP contribution in [-0.2, 0) is 4.79 Å². The van der Waals surface area contributed by atoms with Crippen molar-refractivity contribution in [1.29, 1.82) is 0 Å². The molecule has 0 saturated heterocycles. The van der Waals surface area contributed by atoms with E-state index in [-0.39, 0.29) is 24.3 Å². The normalized spacial score (nSPS) is 14.8. The summed E-state index contributed by atoms with van der Waals surface area (Å²) in [4.78, 5) is 25.4. The number of carbonyl (C=O) groups excluding carboxylic acids is 2. The Bertz CT molecular complexity index is 995. The first-order valence-electron chi connectivity index (χ1n) is 9.82. The molecule has 148 valence electrons. The van der Waals surface area contributed by atoms with Crippen molar-refractivity contribution in [2.75, 3.05) is 6.54 Å². The second-order valence-electron chi connectivity index (χ2n) is 7.73. The van der Waals surface area contributed by atoms with Crippen molar-refractivity contribution in [3.05, 3.63) is 57.8 Å². The zero-order valence-electron chi connectivity index (χ0n) is 16.9. The van der Waals surface area contributed by atoms with Crippen LogP contribution in [0.2, 0.25) is 5.02 Å². The summed E-state index contributed by atoms with van der Waals surface area (Å²) in [7, 11) is 0. The lowest BCUT2D eigenvalue weighted by Crippen LogP contribution is -2.29. The van der Waals surface area contributed by atoms with Crippen LogP contribution in [0.5, 0.6) is 0 Å². The van der Waals surface area contributed by atoms with Gasteiger partial charge in [0.2, 0.25) is 0 Å². The van der Waals surface area contributed by atoms with Gasteiger partial charge in [0, 0.05) is 41.2 Å². The number of hydrogen-bond acceptors (Lipinski definition) is 2. The van der Waals surface area contributed by atoms with E-state index in [9.17, 15) is 9.59 Å². The number of ketones is 1. The third-order valence-corrected chi connectivity index (χ3v) is 5.35. The Morgan fingerprint density at radius 2 is 2.07 bits per heavy atom. The Kier molecular flexibility index (Phi) is 6.09. The van der Waals surface area contributed by atoms with Gasteiger partial charge in [0.05, 0.1) is 11.1 Å². The second-order valence-corrected chi connectivity index (χ2v) is 8.17. The molecule has 1 heterocycles. The maximum atomic E-state index is 12.9. The minimum Gasteiger partial charge on any atom is -0.348 e. The highest BCUT2D eigenvalue weighted by Gasteiger charge is 2.21. The molecule has 1 aliphatic carbocycles.